The predicted octanol–water partition coefficient (Wildman–Crippen LogP) is 4.12. The van der Waals surface area contributed by atoms with E-state index in [9.17, 15) is 4.39 Å². The van der Waals surface area contributed by atoms with Crippen LogP contribution >= 0.6 is 31.9 Å². The maximum Gasteiger partial charge on any atom is 0.255 e. The molecule has 3 nitrogen and oxygen atoms in total. The number of benzene rings is 1. The van der Waals surface area contributed by atoms with Gasteiger partial charge in [-0.1, -0.05) is 15.9 Å². The quantitative estimate of drug-likeness (QED) is 0.818. The van der Waals surface area contributed by atoms with Crippen LogP contribution < -0.4 is 10.5 Å². The van der Waals surface area contributed by atoms with Crippen molar-refractivity contribution in [1.29, 1.82) is 0 Å². The highest BCUT2D eigenvalue weighted by Gasteiger charge is 2.08. The van der Waals surface area contributed by atoms with Crippen LogP contribution in [0.5, 0.6) is 11.6 Å². The lowest BCUT2D eigenvalue weighted by atomic mass is 10.3. The number of nitrogens with two attached hydrogens (primary N) is 1. The van der Waals surface area contributed by atoms with Gasteiger partial charge in [-0.05, 0) is 34.1 Å². The number of hydrogen-bond acceptors (Lipinski definition) is 3. The zero-order valence-electron chi connectivity index (χ0n) is 8.45. The number of nitrogen functional groups attached to an aromatic ring is 1. The third-order valence-electron chi connectivity index (χ3n) is 1.88. The van der Waals surface area contributed by atoms with E-state index in [-0.39, 0.29) is 5.88 Å². The number of rotatable bonds is 2. The van der Waals surface area contributed by atoms with E-state index in [0.29, 0.717) is 15.9 Å². The summed E-state index contributed by atoms with van der Waals surface area (Å²) < 4.78 is 20.1. The van der Waals surface area contributed by atoms with Gasteiger partial charge in [0.05, 0.1) is 0 Å². The number of ether oxygens (including phenoxy) is 1. The molecule has 0 aliphatic heterocycles. The summed E-state index contributed by atoms with van der Waals surface area (Å²) in [5, 5.41) is 0. The molecule has 0 amide bonds. The Morgan fingerprint density at radius 2 is 1.88 bits per heavy atom. The summed E-state index contributed by atoms with van der Waals surface area (Å²) in [6.07, 6.45) is 1.46. The van der Waals surface area contributed by atoms with Crippen molar-refractivity contribution in [2.45, 2.75) is 0 Å². The third kappa shape index (κ3) is 3.17. The van der Waals surface area contributed by atoms with Crippen LogP contribution in [0.25, 0.3) is 0 Å². The van der Waals surface area contributed by atoms with Crippen molar-refractivity contribution >= 4 is 37.5 Å². The first-order valence-corrected chi connectivity index (χ1v) is 6.18. The zero-order chi connectivity index (χ0) is 12.4. The molecule has 2 rings (SSSR count). The maximum atomic E-state index is 13.5. The fourth-order valence-electron chi connectivity index (χ4n) is 1.23. The number of pyridine rings is 1. The van der Waals surface area contributed by atoms with E-state index < -0.39 is 5.82 Å². The first-order valence-electron chi connectivity index (χ1n) is 4.59. The van der Waals surface area contributed by atoms with Gasteiger partial charge in [0, 0.05) is 26.9 Å². The number of nitrogens with zero attached hydrogens (tertiary/aromatic N) is 1. The van der Waals surface area contributed by atoms with Gasteiger partial charge in [0.2, 0.25) is 0 Å². The smallest absolute Gasteiger partial charge is 0.255 e. The molecule has 0 aliphatic carbocycles. The predicted molar refractivity (Wildman–Crippen MR) is 70.5 cm³/mol. The zero-order valence-corrected chi connectivity index (χ0v) is 11.6. The van der Waals surface area contributed by atoms with Crippen molar-refractivity contribution in [3.8, 4) is 11.6 Å². The van der Waals surface area contributed by atoms with Crippen LogP contribution in [0.15, 0.2) is 39.4 Å². The Bertz CT molecular complexity index is 543. The summed E-state index contributed by atoms with van der Waals surface area (Å²) in [6, 6.07) is 6.27. The highest BCUT2D eigenvalue weighted by Crippen LogP contribution is 2.28. The molecule has 0 bridgehead atoms. The van der Waals surface area contributed by atoms with Crippen LogP contribution in [0.1, 0.15) is 0 Å². The van der Waals surface area contributed by atoms with E-state index in [1.54, 1.807) is 18.2 Å². The van der Waals surface area contributed by atoms with Crippen LogP contribution in [0.3, 0.4) is 0 Å². The van der Waals surface area contributed by atoms with Crippen LogP contribution in [0.4, 0.5) is 10.1 Å². The molecule has 0 saturated heterocycles. The monoisotopic (exact) mass is 360 g/mol. The molecule has 0 aliphatic rings. The van der Waals surface area contributed by atoms with Gasteiger partial charge in [-0.2, -0.15) is 0 Å². The summed E-state index contributed by atoms with van der Waals surface area (Å²) in [6.45, 7) is 0. The van der Waals surface area contributed by atoms with Gasteiger partial charge in [-0.3, -0.25) is 0 Å². The largest absolute Gasteiger partial charge is 0.436 e. The van der Waals surface area contributed by atoms with Crippen molar-refractivity contribution < 1.29 is 9.13 Å². The van der Waals surface area contributed by atoms with Crippen LogP contribution in [-0.4, -0.2) is 4.98 Å². The summed E-state index contributed by atoms with van der Waals surface area (Å²) in [5.74, 6) is -0.214. The van der Waals surface area contributed by atoms with Crippen molar-refractivity contribution in [2.24, 2.45) is 0 Å². The Morgan fingerprint density at radius 1 is 1.12 bits per heavy atom. The fourth-order valence-corrected chi connectivity index (χ4v) is 2.03. The first-order chi connectivity index (χ1) is 8.04. The third-order valence-corrected chi connectivity index (χ3v) is 2.77. The summed E-state index contributed by atoms with van der Waals surface area (Å²) in [5.41, 5.74) is 6.16. The van der Waals surface area contributed by atoms with Gasteiger partial charge < -0.3 is 10.5 Å². The van der Waals surface area contributed by atoms with Gasteiger partial charge in [0.25, 0.3) is 5.88 Å². The molecule has 0 unspecified atom stereocenters. The second-order valence-corrected chi connectivity index (χ2v) is 5.09. The van der Waals surface area contributed by atoms with E-state index >= 15 is 0 Å². The second kappa shape index (κ2) is 5.01. The molecule has 1 aromatic heterocycles. The average Bonchev–Trinajstić information content (AvgIpc) is 2.21. The molecule has 2 aromatic rings. The van der Waals surface area contributed by atoms with Gasteiger partial charge in [0.15, 0.2) is 5.82 Å². The Kier molecular flexibility index (Phi) is 3.63. The van der Waals surface area contributed by atoms with E-state index in [1.165, 1.54) is 12.3 Å². The van der Waals surface area contributed by atoms with Gasteiger partial charge in [0.1, 0.15) is 5.75 Å². The number of aromatic nitrogens is 1. The lowest BCUT2D eigenvalue weighted by Crippen LogP contribution is -1.93. The van der Waals surface area contributed by atoms with Gasteiger partial charge in [-0.25, -0.2) is 9.37 Å². The number of halogens is 3. The van der Waals surface area contributed by atoms with Crippen LogP contribution in [-0.2, 0) is 0 Å². The highest BCUT2D eigenvalue weighted by molar-refractivity contribution is 9.10. The number of hydrogen-bond donors (Lipinski definition) is 1. The van der Waals surface area contributed by atoms with Crippen molar-refractivity contribution in [2.75, 3.05) is 5.73 Å². The van der Waals surface area contributed by atoms with Crippen LogP contribution in [0, 0.1) is 5.82 Å². The Balaban J connectivity index is 2.31. The van der Waals surface area contributed by atoms with Gasteiger partial charge in [-0.15, -0.1) is 0 Å². The molecule has 0 atom stereocenters. The molecule has 2 N–H and O–H groups in total. The molecule has 0 saturated carbocycles. The molecule has 88 valence electrons. The molecule has 6 heteroatoms. The van der Waals surface area contributed by atoms with E-state index in [4.69, 9.17) is 10.5 Å². The van der Waals surface area contributed by atoms with Crippen LogP contribution in [0.2, 0.25) is 0 Å². The topological polar surface area (TPSA) is 48.1 Å². The minimum atomic E-state index is -0.544. The summed E-state index contributed by atoms with van der Waals surface area (Å²) in [4.78, 5) is 3.83. The minimum Gasteiger partial charge on any atom is -0.436 e. The molecular weight excluding hydrogens is 355 g/mol. The molecule has 0 fully saturated rings. The van der Waals surface area contributed by atoms with E-state index in [1.807, 2.05) is 0 Å². The highest BCUT2D eigenvalue weighted by atomic mass is 79.9. The van der Waals surface area contributed by atoms with E-state index in [2.05, 4.69) is 36.8 Å². The molecule has 1 heterocycles. The molecule has 17 heavy (non-hydrogen) atoms. The number of anilines is 1. The first kappa shape index (κ1) is 12.3. The molecule has 0 spiro atoms. The van der Waals surface area contributed by atoms with E-state index in [0.717, 1.165) is 4.47 Å². The van der Waals surface area contributed by atoms with Crippen molar-refractivity contribution in [3.63, 3.8) is 0 Å². The second-order valence-electron chi connectivity index (χ2n) is 3.26. The molecule has 1 aromatic carbocycles. The lowest BCUT2D eigenvalue weighted by Gasteiger charge is -2.07. The lowest BCUT2D eigenvalue weighted by molar-refractivity contribution is 0.422. The maximum absolute atomic E-state index is 13.5. The summed E-state index contributed by atoms with van der Waals surface area (Å²) >= 11 is 6.39. The Labute approximate surface area is 114 Å². The molecular formula is C11H7Br2FN2O. The normalized spacial score (nSPS) is 10.3. The SMILES string of the molecule is Nc1cc(Br)cc(Oc2ncc(Br)cc2F)c1. The van der Waals surface area contributed by atoms with Gasteiger partial charge >= 0.3 is 0 Å². The standard InChI is InChI=1S/C11H7Br2FN2O/c12-6-1-8(15)4-9(2-6)17-11-10(14)3-7(13)5-16-11/h1-5H,15H2. The van der Waals surface area contributed by atoms with Crippen molar-refractivity contribution in [1.82, 2.24) is 4.98 Å². The molecule has 0 radical (unpaired) electrons. The minimum absolute atomic E-state index is 0.0919. The fraction of sp³-hybridized carbons (Fsp3) is 0. The average molecular weight is 362 g/mol. The van der Waals surface area contributed by atoms with Crippen molar-refractivity contribution in [3.05, 3.63) is 45.2 Å². The Morgan fingerprint density at radius 3 is 2.53 bits per heavy atom. The Hall–Kier alpha value is -1.14. The summed E-state index contributed by atoms with van der Waals surface area (Å²) in [7, 11) is 0.